The molecule has 0 saturated heterocycles. The van der Waals surface area contributed by atoms with Gasteiger partial charge in [-0.3, -0.25) is 0 Å². The molecule has 2 rings (SSSR count). The minimum atomic E-state index is -0.452. The molecule has 2 N–H and O–H groups in total. The molecular weight excluding hydrogens is 352 g/mol. The zero-order valence-corrected chi connectivity index (χ0v) is 12.9. The van der Waals surface area contributed by atoms with E-state index in [1.54, 1.807) is 30.3 Å². The molecule has 1 atom stereocenters. The summed E-state index contributed by atoms with van der Waals surface area (Å²) in [6, 6.07) is 9.60. The van der Waals surface area contributed by atoms with Gasteiger partial charge in [0.15, 0.2) is 0 Å². The van der Waals surface area contributed by atoms with Crippen molar-refractivity contribution in [2.24, 2.45) is 5.73 Å². The Morgan fingerprint density at radius 2 is 1.89 bits per heavy atom. The van der Waals surface area contributed by atoms with Crippen LogP contribution >= 0.6 is 39.1 Å². The first kappa shape index (κ1) is 14.8. The van der Waals surface area contributed by atoms with Crippen molar-refractivity contribution in [2.45, 2.75) is 12.5 Å². The minimum Gasteiger partial charge on any atom is -0.324 e. The smallest absolute Gasteiger partial charge is 0.129 e. The topological polar surface area (TPSA) is 26.0 Å². The lowest BCUT2D eigenvalue weighted by atomic mass is 9.99. The lowest BCUT2D eigenvalue weighted by Gasteiger charge is -2.14. The average molecular weight is 363 g/mol. The van der Waals surface area contributed by atoms with Gasteiger partial charge in [-0.05, 0) is 36.2 Å². The monoisotopic (exact) mass is 361 g/mol. The van der Waals surface area contributed by atoms with E-state index in [-0.39, 0.29) is 5.82 Å². The number of hydrogen-bond acceptors (Lipinski definition) is 1. The van der Waals surface area contributed by atoms with Gasteiger partial charge in [-0.15, -0.1) is 0 Å². The summed E-state index contributed by atoms with van der Waals surface area (Å²) in [5, 5.41) is 1.11. The average Bonchev–Trinajstić information content (AvgIpc) is 2.32. The largest absolute Gasteiger partial charge is 0.324 e. The van der Waals surface area contributed by atoms with Gasteiger partial charge in [-0.1, -0.05) is 51.3 Å². The standard InChI is InChI=1S/C14H11BrCl2FN/c15-9-2-4-11(13(18)6-9)14(19)5-8-1-3-10(16)7-12(8)17/h1-4,6-7,14H,5,19H2. The fourth-order valence-corrected chi connectivity index (χ4v) is 2.66. The fourth-order valence-electron chi connectivity index (χ4n) is 1.84. The molecule has 0 amide bonds. The van der Waals surface area contributed by atoms with Crippen LogP contribution in [0.25, 0.3) is 0 Å². The van der Waals surface area contributed by atoms with E-state index in [2.05, 4.69) is 15.9 Å². The maximum atomic E-state index is 13.8. The summed E-state index contributed by atoms with van der Waals surface area (Å²) in [4.78, 5) is 0. The summed E-state index contributed by atoms with van der Waals surface area (Å²) in [5.74, 6) is -0.327. The molecule has 19 heavy (non-hydrogen) atoms. The Balaban J connectivity index is 2.23. The van der Waals surface area contributed by atoms with Crippen LogP contribution < -0.4 is 5.73 Å². The van der Waals surface area contributed by atoms with E-state index in [9.17, 15) is 4.39 Å². The first-order valence-electron chi connectivity index (χ1n) is 5.62. The predicted molar refractivity (Wildman–Crippen MR) is 81.2 cm³/mol. The van der Waals surface area contributed by atoms with Crippen LogP contribution in [0.4, 0.5) is 4.39 Å². The molecule has 1 nitrogen and oxygen atoms in total. The maximum absolute atomic E-state index is 13.8. The quantitative estimate of drug-likeness (QED) is 0.803. The van der Waals surface area contributed by atoms with Crippen molar-refractivity contribution in [3.63, 3.8) is 0 Å². The molecule has 0 fully saturated rings. The summed E-state index contributed by atoms with van der Waals surface area (Å²) in [6.45, 7) is 0. The Morgan fingerprint density at radius 3 is 2.53 bits per heavy atom. The Hall–Kier alpha value is -0.610. The van der Waals surface area contributed by atoms with Gasteiger partial charge in [0.05, 0.1) is 0 Å². The molecule has 2 aromatic rings. The summed E-state index contributed by atoms with van der Waals surface area (Å²) < 4.78 is 14.5. The SMILES string of the molecule is NC(Cc1ccc(Cl)cc1Cl)c1ccc(Br)cc1F. The van der Waals surface area contributed by atoms with E-state index in [0.29, 0.717) is 26.5 Å². The highest BCUT2D eigenvalue weighted by molar-refractivity contribution is 9.10. The van der Waals surface area contributed by atoms with Crippen molar-refractivity contribution < 1.29 is 4.39 Å². The van der Waals surface area contributed by atoms with Crippen molar-refractivity contribution in [3.8, 4) is 0 Å². The van der Waals surface area contributed by atoms with Crippen LogP contribution in [-0.2, 0) is 6.42 Å². The Morgan fingerprint density at radius 1 is 1.16 bits per heavy atom. The summed E-state index contributed by atoms with van der Waals surface area (Å²) >= 11 is 15.1. The molecule has 0 spiro atoms. The van der Waals surface area contributed by atoms with Crippen LogP contribution in [0.2, 0.25) is 10.0 Å². The van der Waals surface area contributed by atoms with Crippen LogP contribution in [0, 0.1) is 5.82 Å². The van der Waals surface area contributed by atoms with Crippen LogP contribution in [0.5, 0.6) is 0 Å². The highest BCUT2D eigenvalue weighted by atomic mass is 79.9. The van der Waals surface area contributed by atoms with Gasteiger partial charge >= 0.3 is 0 Å². The van der Waals surface area contributed by atoms with E-state index >= 15 is 0 Å². The molecule has 2 aromatic carbocycles. The van der Waals surface area contributed by atoms with E-state index in [4.69, 9.17) is 28.9 Å². The molecular formula is C14H11BrCl2FN. The molecule has 100 valence electrons. The summed E-state index contributed by atoms with van der Waals surface area (Å²) in [6.07, 6.45) is 0.453. The van der Waals surface area contributed by atoms with Crippen LogP contribution in [0.15, 0.2) is 40.9 Å². The number of nitrogens with two attached hydrogens (primary N) is 1. The van der Waals surface area contributed by atoms with E-state index in [0.717, 1.165) is 5.56 Å². The van der Waals surface area contributed by atoms with Gasteiger partial charge in [-0.25, -0.2) is 4.39 Å². The number of halogens is 4. The van der Waals surface area contributed by atoms with Gasteiger partial charge in [0.25, 0.3) is 0 Å². The van der Waals surface area contributed by atoms with E-state index in [1.807, 2.05) is 0 Å². The van der Waals surface area contributed by atoms with Crippen molar-refractivity contribution in [2.75, 3.05) is 0 Å². The second kappa shape index (κ2) is 6.23. The number of benzene rings is 2. The van der Waals surface area contributed by atoms with Gasteiger partial charge < -0.3 is 5.73 Å². The van der Waals surface area contributed by atoms with Crippen LogP contribution in [-0.4, -0.2) is 0 Å². The second-order valence-electron chi connectivity index (χ2n) is 4.21. The van der Waals surface area contributed by atoms with Crippen molar-refractivity contribution in [1.29, 1.82) is 0 Å². The zero-order valence-electron chi connectivity index (χ0n) is 9.84. The molecule has 0 aliphatic carbocycles. The molecule has 0 aliphatic heterocycles. The first-order valence-corrected chi connectivity index (χ1v) is 7.16. The van der Waals surface area contributed by atoms with Gasteiger partial charge in [0, 0.05) is 26.1 Å². The summed E-state index contributed by atoms with van der Waals surface area (Å²) in [5.41, 5.74) is 7.35. The summed E-state index contributed by atoms with van der Waals surface area (Å²) in [7, 11) is 0. The predicted octanol–water partition coefficient (Wildman–Crippen LogP) is 5.14. The molecule has 0 heterocycles. The zero-order chi connectivity index (χ0) is 14.0. The van der Waals surface area contributed by atoms with Crippen LogP contribution in [0.3, 0.4) is 0 Å². The van der Waals surface area contributed by atoms with E-state index < -0.39 is 6.04 Å². The molecule has 0 radical (unpaired) electrons. The number of rotatable bonds is 3. The molecule has 0 bridgehead atoms. The molecule has 0 aliphatic rings. The number of hydrogen-bond donors (Lipinski definition) is 1. The molecule has 5 heteroatoms. The van der Waals surface area contributed by atoms with Crippen molar-refractivity contribution in [3.05, 3.63) is 67.9 Å². The highest BCUT2D eigenvalue weighted by Gasteiger charge is 2.14. The Labute approximate surface area is 129 Å². The lowest BCUT2D eigenvalue weighted by molar-refractivity contribution is 0.579. The molecule has 0 saturated carbocycles. The van der Waals surface area contributed by atoms with Gasteiger partial charge in [0.1, 0.15) is 5.82 Å². The third kappa shape index (κ3) is 3.69. The Bertz CT molecular complexity index is 604. The minimum absolute atomic E-state index is 0.327. The fraction of sp³-hybridized carbons (Fsp3) is 0.143. The second-order valence-corrected chi connectivity index (χ2v) is 5.97. The lowest BCUT2D eigenvalue weighted by Crippen LogP contribution is -2.15. The maximum Gasteiger partial charge on any atom is 0.129 e. The van der Waals surface area contributed by atoms with Crippen molar-refractivity contribution >= 4 is 39.1 Å². The van der Waals surface area contributed by atoms with Gasteiger partial charge in [0.2, 0.25) is 0 Å². The first-order chi connectivity index (χ1) is 8.97. The van der Waals surface area contributed by atoms with E-state index in [1.165, 1.54) is 6.07 Å². The Kier molecular flexibility index (Phi) is 4.85. The third-order valence-corrected chi connectivity index (χ3v) is 3.90. The van der Waals surface area contributed by atoms with Crippen molar-refractivity contribution in [1.82, 2.24) is 0 Å². The highest BCUT2D eigenvalue weighted by Crippen LogP contribution is 2.27. The normalized spacial score (nSPS) is 12.5. The van der Waals surface area contributed by atoms with Crippen LogP contribution in [0.1, 0.15) is 17.2 Å². The molecule has 0 aromatic heterocycles. The molecule has 1 unspecified atom stereocenters. The third-order valence-electron chi connectivity index (χ3n) is 2.82. The van der Waals surface area contributed by atoms with Gasteiger partial charge in [-0.2, -0.15) is 0 Å².